The summed E-state index contributed by atoms with van der Waals surface area (Å²) in [7, 11) is 1.68. The molecule has 0 amide bonds. The molecule has 0 atom stereocenters. The van der Waals surface area contributed by atoms with Crippen LogP contribution in [-0.2, 0) is 6.42 Å². The maximum atomic E-state index is 5.19. The average Bonchev–Trinajstić information content (AvgIpc) is 2.27. The van der Waals surface area contributed by atoms with E-state index in [0.717, 1.165) is 17.7 Å². The Bertz CT molecular complexity index is 451. The van der Waals surface area contributed by atoms with E-state index in [1.54, 1.807) is 7.11 Å². The smallest absolute Gasteiger partial charge is 0.119 e. The molecular weight excluding hydrogens is 174 g/mol. The minimum Gasteiger partial charge on any atom is -0.497 e. The van der Waals surface area contributed by atoms with Crippen molar-refractivity contribution in [3.05, 3.63) is 36.0 Å². The number of rotatable bonds is 2. The summed E-state index contributed by atoms with van der Waals surface area (Å²) in [6.45, 7) is 2.15. The van der Waals surface area contributed by atoms with E-state index in [0.29, 0.717) is 0 Å². The van der Waals surface area contributed by atoms with Crippen LogP contribution >= 0.6 is 0 Å². The standard InChI is InChI=1S/C12H13NO/c1-3-9-6-7-13-12-5-4-10(14-2)8-11(9)12/h4-8H,3H2,1-2H3. The topological polar surface area (TPSA) is 22.1 Å². The Kier molecular flexibility index (Phi) is 2.35. The zero-order valence-corrected chi connectivity index (χ0v) is 8.45. The van der Waals surface area contributed by atoms with Crippen LogP contribution in [0.4, 0.5) is 0 Å². The Morgan fingerprint density at radius 3 is 2.86 bits per heavy atom. The van der Waals surface area contributed by atoms with Gasteiger partial charge in [0, 0.05) is 11.6 Å². The third-order valence-corrected chi connectivity index (χ3v) is 2.42. The molecule has 2 nitrogen and oxygen atoms in total. The molecule has 1 heterocycles. The number of methoxy groups -OCH3 is 1. The molecule has 0 N–H and O–H groups in total. The van der Waals surface area contributed by atoms with Crippen molar-refractivity contribution in [2.45, 2.75) is 13.3 Å². The van der Waals surface area contributed by atoms with Gasteiger partial charge in [0.2, 0.25) is 0 Å². The third-order valence-electron chi connectivity index (χ3n) is 2.42. The Labute approximate surface area is 83.5 Å². The molecule has 0 saturated heterocycles. The molecule has 72 valence electrons. The number of ether oxygens (including phenoxy) is 1. The zero-order chi connectivity index (χ0) is 9.97. The Morgan fingerprint density at radius 2 is 2.14 bits per heavy atom. The summed E-state index contributed by atoms with van der Waals surface area (Å²) in [6, 6.07) is 8.03. The lowest BCUT2D eigenvalue weighted by atomic mass is 10.1. The van der Waals surface area contributed by atoms with Crippen LogP contribution in [0.2, 0.25) is 0 Å². The van der Waals surface area contributed by atoms with E-state index in [1.807, 2.05) is 24.4 Å². The first kappa shape index (κ1) is 9.00. The normalized spacial score (nSPS) is 10.4. The van der Waals surface area contributed by atoms with Gasteiger partial charge in [0.15, 0.2) is 0 Å². The van der Waals surface area contributed by atoms with Gasteiger partial charge in [0.1, 0.15) is 5.75 Å². The maximum absolute atomic E-state index is 5.19. The summed E-state index contributed by atoms with van der Waals surface area (Å²) >= 11 is 0. The zero-order valence-electron chi connectivity index (χ0n) is 8.45. The molecule has 0 radical (unpaired) electrons. The van der Waals surface area contributed by atoms with Gasteiger partial charge < -0.3 is 4.74 Å². The molecule has 0 aliphatic rings. The van der Waals surface area contributed by atoms with Crippen molar-refractivity contribution >= 4 is 10.9 Å². The van der Waals surface area contributed by atoms with E-state index in [1.165, 1.54) is 10.9 Å². The minimum absolute atomic E-state index is 0.889. The van der Waals surface area contributed by atoms with E-state index < -0.39 is 0 Å². The highest BCUT2D eigenvalue weighted by Crippen LogP contribution is 2.22. The van der Waals surface area contributed by atoms with Crippen molar-refractivity contribution in [1.29, 1.82) is 0 Å². The molecule has 2 aromatic rings. The largest absolute Gasteiger partial charge is 0.497 e. The van der Waals surface area contributed by atoms with Crippen LogP contribution in [0.3, 0.4) is 0 Å². The summed E-state index contributed by atoms with van der Waals surface area (Å²) in [5.74, 6) is 0.889. The van der Waals surface area contributed by atoms with Crippen LogP contribution in [0.1, 0.15) is 12.5 Å². The molecule has 2 heteroatoms. The van der Waals surface area contributed by atoms with Crippen LogP contribution in [0.25, 0.3) is 10.9 Å². The molecule has 14 heavy (non-hydrogen) atoms. The van der Waals surface area contributed by atoms with Gasteiger partial charge in [0.25, 0.3) is 0 Å². The van der Waals surface area contributed by atoms with Crippen molar-refractivity contribution in [3.8, 4) is 5.75 Å². The quantitative estimate of drug-likeness (QED) is 0.721. The first-order valence-electron chi connectivity index (χ1n) is 4.76. The highest BCUT2D eigenvalue weighted by atomic mass is 16.5. The molecule has 0 spiro atoms. The van der Waals surface area contributed by atoms with Gasteiger partial charge in [-0.2, -0.15) is 0 Å². The number of hydrogen-bond donors (Lipinski definition) is 0. The fraction of sp³-hybridized carbons (Fsp3) is 0.250. The molecule has 1 aromatic heterocycles. The van der Waals surface area contributed by atoms with Gasteiger partial charge in [-0.15, -0.1) is 0 Å². The second-order valence-corrected chi connectivity index (χ2v) is 3.21. The van der Waals surface area contributed by atoms with Gasteiger partial charge in [-0.05, 0) is 36.2 Å². The van der Waals surface area contributed by atoms with Crippen LogP contribution in [0.15, 0.2) is 30.5 Å². The Hall–Kier alpha value is -1.57. The SMILES string of the molecule is CCc1ccnc2ccc(OC)cc12. The minimum atomic E-state index is 0.889. The van der Waals surface area contributed by atoms with Crippen LogP contribution in [0.5, 0.6) is 5.75 Å². The summed E-state index contributed by atoms with van der Waals surface area (Å²) < 4.78 is 5.19. The predicted molar refractivity (Wildman–Crippen MR) is 57.7 cm³/mol. The lowest BCUT2D eigenvalue weighted by Gasteiger charge is -2.05. The lowest BCUT2D eigenvalue weighted by Crippen LogP contribution is -1.88. The van der Waals surface area contributed by atoms with E-state index in [4.69, 9.17) is 4.74 Å². The number of aromatic nitrogens is 1. The second-order valence-electron chi connectivity index (χ2n) is 3.21. The summed E-state index contributed by atoms with van der Waals surface area (Å²) in [4.78, 5) is 4.31. The summed E-state index contributed by atoms with van der Waals surface area (Å²) in [6.07, 6.45) is 2.87. The monoisotopic (exact) mass is 187 g/mol. The third kappa shape index (κ3) is 1.43. The number of fused-ring (bicyclic) bond motifs is 1. The average molecular weight is 187 g/mol. The van der Waals surface area contributed by atoms with Crippen molar-refractivity contribution in [3.63, 3.8) is 0 Å². The van der Waals surface area contributed by atoms with Crippen LogP contribution < -0.4 is 4.74 Å². The summed E-state index contributed by atoms with van der Waals surface area (Å²) in [5, 5.41) is 1.19. The van der Waals surface area contributed by atoms with Gasteiger partial charge in [-0.3, -0.25) is 4.98 Å². The molecular formula is C12H13NO. The van der Waals surface area contributed by atoms with E-state index in [-0.39, 0.29) is 0 Å². The molecule has 2 rings (SSSR count). The Morgan fingerprint density at radius 1 is 1.29 bits per heavy atom. The van der Waals surface area contributed by atoms with Crippen molar-refractivity contribution in [2.75, 3.05) is 7.11 Å². The van der Waals surface area contributed by atoms with E-state index in [9.17, 15) is 0 Å². The highest BCUT2D eigenvalue weighted by Gasteiger charge is 2.01. The van der Waals surface area contributed by atoms with Crippen molar-refractivity contribution in [1.82, 2.24) is 4.98 Å². The van der Waals surface area contributed by atoms with Gasteiger partial charge >= 0.3 is 0 Å². The first-order valence-corrected chi connectivity index (χ1v) is 4.76. The molecule has 0 aliphatic carbocycles. The molecule has 0 bridgehead atoms. The number of aryl methyl sites for hydroxylation is 1. The molecule has 1 aromatic carbocycles. The van der Waals surface area contributed by atoms with Gasteiger partial charge in [-0.25, -0.2) is 0 Å². The number of nitrogens with zero attached hydrogens (tertiary/aromatic N) is 1. The second kappa shape index (κ2) is 3.66. The lowest BCUT2D eigenvalue weighted by molar-refractivity contribution is 0.415. The fourth-order valence-electron chi connectivity index (χ4n) is 1.62. The fourth-order valence-corrected chi connectivity index (χ4v) is 1.62. The molecule has 0 fully saturated rings. The van der Waals surface area contributed by atoms with Crippen LogP contribution in [0, 0.1) is 0 Å². The van der Waals surface area contributed by atoms with Gasteiger partial charge in [0.05, 0.1) is 12.6 Å². The van der Waals surface area contributed by atoms with E-state index in [2.05, 4.69) is 18.0 Å². The predicted octanol–water partition coefficient (Wildman–Crippen LogP) is 2.81. The Balaban J connectivity index is 2.70. The highest BCUT2D eigenvalue weighted by molar-refractivity contribution is 5.83. The van der Waals surface area contributed by atoms with Crippen molar-refractivity contribution in [2.24, 2.45) is 0 Å². The van der Waals surface area contributed by atoms with Crippen LogP contribution in [-0.4, -0.2) is 12.1 Å². The van der Waals surface area contributed by atoms with Crippen molar-refractivity contribution < 1.29 is 4.74 Å². The number of pyridine rings is 1. The van der Waals surface area contributed by atoms with Gasteiger partial charge in [-0.1, -0.05) is 6.92 Å². The molecule has 0 saturated carbocycles. The maximum Gasteiger partial charge on any atom is 0.119 e. The summed E-state index contributed by atoms with van der Waals surface area (Å²) in [5.41, 5.74) is 2.35. The van der Waals surface area contributed by atoms with E-state index >= 15 is 0 Å². The number of hydrogen-bond acceptors (Lipinski definition) is 2. The number of benzene rings is 1. The molecule has 0 unspecified atom stereocenters. The molecule has 0 aliphatic heterocycles. The first-order chi connectivity index (χ1) is 6.85.